The van der Waals surface area contributed by atoms with Crippen LogP contribution in [0.3, 0.4) is 0 Å². The molecule has 0 aliphatic heterocycles. The molecule has 3 aromatic rings. The minimum atomic E-state index is -0.114. The molecule has 0 heterocycles. The maximum absolute atomic E-state index is 12.9. The van der Waals surface area contributed by atoms with Crippen molar-refractivity contribution in [2.75, 3.05) is 35.7 Å². The zero-order chi connectivity index (χ0) is 22.9. The van der Waals surface area contributed by atoms with E-state index in [-0.39, 0.29) is 25.7 Å². The molecule has 1 amide bonds. The molecule has 3 aromatic carbocycles. The largest absolute Gasteiger partial charge is 0.491 e. The van der Waals surface area contributed by atoms with Gasteiger partial charge < -0.3 is 25.8 Å². The fourth-order valence-corrected chi connectivity index (χ4v) is 3.40. The quantitative estimate of drug-likeness (QED) is 0.412. The molecule has 3 rings (SSSR count). The summed E-state index contributed by atoms with van der Waals surface area (Å²) in [5, 5.41) is 12.0. The van der Waals surface area contributed by atoms with Crippen LogP contribution in [-0.4, -0.2) is 30.8 Å². The fourth-order valence-electron chi connectivity index (χ4n) is 3.40. The van der Waals surface area contributed by atoms with Crippen molar-refractivity contribution in [3.8, 4) is 5.75 Å². The first-order valence-electron chi connectivity index (χ1n) is 10.8. The van der Waals surface area contributed by atoms with Gasteiger partial charge in [-0.3, -0.25) is 4.79 Å². The van der Waals surface area contributed by atoms with E-state index in [1.54, 1.807) is 0 Å². The van der Waals surface area contributed by atoms with Crippen molar-refractivity contribution in [1.29, 1.82) is 0 Å². The molecule has 0 atom stereocenters. The standard InChI is InChI=1S/C26H31N3O3/c1-19(2)21-9-11-23(12-10-21)28-26(31)18-29(24-7-4-6-22(27)16-24)17-20-5-3-8-25(15-20)32-14-13-30/h3-12,15-16,19,30H,13-14,17-18,27H2,1-2H3,(H,28,31). The van der Waals surface area contributed by atoms with Gasteiger partial charge in [0.1, 0.15) is 12.4 Å². The van der Waals surface area contributed by atoms with E-state index in [1.165, 1.54) is 5.56 Å². The molecule has 0 aliphatic rings. The van der Waals surface area contributed by atoms with Gasteiger partial charge in [0.15, 0.2) is 0 Å². The molecule has 32 heavy (non-hydrogen) atoms. The molecule has 0 unspecified atom stereocenters. The molecule has 0 radical (unpaired) electrons. The summed E-state index contributed by atoms with van der Waals surface area (Å²) in [6, 6.07) is 23.1. The highest BCUT2D eigenvalue weighted by Crippen LogP contribution is 2.22. The third kappa shape index (κ3) is 6.75. The Labute approximate surface area is 189 Å². The van der Waals surface area contributed by atoms with Crippen molar-refractivity contribution >= 4 is 23.0 Å². The van der Waals surface area contributed by atoms with Crippen LogP contribution in [0.5, 0.6) is 5.75 Å². The number of amides is 1. The third-order valence-corrected chi connectivity index (χ3v) is 5.06. The predicted octanol–water partition coefficient (Wildman–Crippen LogP) is 4.41. The molecular weight excluding hydrogens is 402 g/mol. The Kier molecular flexibility index (Phi) is 8.11. The molecule has 168 valence electrons. The number of ether oxygens (including phenoxy) is 1. The van der Waals surface area contributed by atoms with E-state index in [0.717, 1.165) is 16.9 Å². The first-order valence-corrected chi connectivity index (χ1v) is 10.8. The first kappa shape index (κ1) is 23.2. The maximum atomic E-state index is 12.9. The van der Waals surface area contributed by atoms with Gasteiger partial charge in [-0.05, 0) is 59.5 Å². The average molecular weight is 434 g/mol. The molecule has 0 fully saturated rings. The van der Waals surface area contributed by atoms with Crippen molar-refractivity contribution < 1.29 is 14.6 Å². The number of hydrogen-bond acceptors (Lipinski definition) is 5. The zero-order valence-corrected chi connectivity index (χ0v) is 18.6. The molecule has 0 aliphatic carbocycles. The SMILES string of the molecule is CC(C)c1ccc(NC(=O)CN(Cc2cccc(OCCO)c2)c2cccc(N)c2)cc1. The summed E-state index contributed by atoms with van der Waals surface area (Å²) in [4.78, 5) is 14.8. The van der Waals surface area contributed by atoms with E-state index in [1.807, 2.05) is 77.7 Å². The lowest BCUT2D eigenvalue weighted by Crippen LogP contribution is -2.33. The minimum absolute atomic E-state index is 0.0437. The summed E-state index contributed by atoms with van der Waals surface area (Å²) in [5.74, 6) is 1.01. The first-order chi connectivity index (χ1) is 15.4. The van der Waals surface area contributed by atoms with Crippen LogP contribution in [0.1, 0.15) is 30.9 Å². The van der Waals surface area contributed by atoms with Crippen LogP contribution < -0.4 is 20.7 Å². The van der Waals surface area contributed by atoms with Crippen molar-refractivity contribution in [2.24, 2.45) is 0 Å². The molecule has 0 saturated heterocycles. The molecule has 6 nitrogen and oxygen atoms in total. The van der Waals surface area contributed by atoms with Crippen LogP contribution in [-0.2, 0) is 11.3 Å². The van der Waals surface area contributed by atoms with Gasteiger partial charge in [0.25, 0.3) is 0 Å². The summed E-state index contributed by atoms with van der Waals surface area (Å²) < 4.78 is 5.52. The lowest BCUT2D eigenvalue weighted by Gasteiger charge is -2.25. The number of rotatable bonds is 10. The van der Waals surface area contributed by atoms with E-state index < -0.39 is 0 Å². The van der Waals surface area contributed by atoms with E-state index in [9.17, 15) is 4.79 Å². The number of nitrogens with two attached hydrogens (primary N) is 1. The molecule has 0 spiro atoms. The van der Waals surface area contributed by atoms with E-state index >= 15 is 0 Å². The van der Waals surface area contributed by atoms with E-state index in [0.29, 0.717) is 23.9 Å². The lowest BCUT2D eigenvalue weighted by molar-refractivity contribution is -0.115. The topological polar surface area (TPSA) is 87.8 Å². The summed E-state index contributed by atoms with van der Waals surface area (Å²) in [7, 11) is 0. The van der Waals surface area contributed by atoms with Crippen molar-refractivity contribution in [3.63, 3.8) is 0 Å². The highest BCUT2D eigenvalue weighted by molar-refractivity contribution is 5.94. The number of carbonyl (C=O) groups excluding carboxylic acids is 1. The van der Waals surface area contributed by atoms with Crippen molar-refractivity contribution in [2.45, 2.75) is 26.3 Å². The Morgan fingerprint density at radius 3 is 2.50 bits per heavy atom. The van der Waals surface area contributed by atoms with Gasteiger partial charge in [-0.2, -0.15) is 0 Å². The van der Waals surface area contributed by atoms with Gasteiger partial charge in [-0.25, -0.2) is 0 Å². The Morgan fingerprint density at radius 1 is 1.06 bits per heavy atom. The van der Waals surface area contributed by atoms with Crippen LogP contribution in [0, 0.1) is 0 Å². The Hall–Kier alpha value is -3.51. The molecule has 0 aromatic heterocycles. The van der Waals surface area contributed by atoms with Crippen LogP contribution in [0.25, 0.3) is 0 Å². The predicted molar refractivity (Wildman–Crippen MR) is 130 cm³/mol. The Morgan fingerprint density at radius 2 is 1.81 bits per heavy atom. The second kappa shape index (κ2) is 11.2. The van der Waals surface area contributed by atoms with E-state index in [4.69, 9.17) is 15.6 Å². The van der Waals surface area contributed by atoms with Crippen LogP contribution in [0.4, 0.5) is 17.1 Å². The van der Waals surface area contributed by atoms with Crippen molar-refractivity contribution in [1.82, 2.24) is 0 Å². The number of nitrogens with one attached hydrogen (secondary N) is 1. The van der Waals surface area contributed by atoms with Gasteiger partial charge in [0, 0.05) is 23.6 Å². The Balaban J connectivity index is 1.75. The Bertz CT molecular complexity index is 1020. The number of carbonyl (C=O) groups is 1. The van der Waals surface area contributed by atoms with Gasteiger partial charge >= 0.3 is 0 Å². The monoisotopic (exact) mass is 433 g/mol. The third-order valence-electron chi connectivity index (χ3n) is 5.06. The summed E-state index contributed by atoms with van der Waals surface area (Å²) >= 11 is 0. The normalized spacial score (nSPS) is 10.8. The van der Waals surface area contributed by atoms with E-state index in [2.05, 4.69) is 19.2 Å². The maximum Gasteiger partial charge on any atom is 0.243 e. The second-order valence-corrected chi connectivity index (χ2v) is 8.00. The number of aliphatic hydroxyl groups is 1. The number of anilines is 3. The highest BCUT2D eigenvalue weighted by atomic mass is 16.5. The van der Waals surface area contributed by atoms with Crippen LogP contribution in [0.15, 0.2) is 72.8 Å². The molecule has 0 saturated carbocycles. The summed E-state index contributed by atoms with van der Waals surface area (Å²) in [6.45, 7) is 5.14. The van der Waals surface area contributed by atoms with Crippen molar-refractivity contribution in [3.05, 3.63) is 83.9 Å². The number of hydrogen-bond donors (Lipinski definition) is 3. The number of benzene rings is 3. The zero-order valence-electron chi connectivity index (χ0n) is 18.6. The molecule has 0 bridgehead atoms. The lowest BCUT2D eigenvalue weighted by atomic mass is 10.0. The minimum Gasteiger partial charge on any atom is -0.491 e. The average Bonchev–Trinajstić information content (AvgIpc) is 2.78. The molecule has 6 heteroatoms. The number of nitrogen functional groups attached to an aromatic ring is 1. The number of aliphatic hydroxyl groups excluding tert-OH is 1. The molecule has 4 N–H and O–H groups in total. The van der Waals surface area contributed by atoms with Gasteiger partial charge in [0.2, 0.25) is 5.91 Å². The molecular formula is C26H31N3O3. The summed E-state index contributed by atoms with van der Waals surface area (Å²) in [5.41, 5.74) is 10.5. The smallest absolute Gasteiger partial charge is 0.243 e. The number of nitrogens with zero attached hydrogens (tertiary/aromatic N) is 1. The van der Waals surface area contributed by atoms with Gasteiger partial charge in [-0.1, -0.05) is 44.2 Å². The van der Waals surface area contributed by atoms with Gasteiger partial charge in [0.05, 0.1) is 13.2 Å². The second-order valence-electron chi connectivity index (χ2n) is 8.00. The highest BCUT2D eigenvalue weighted by Gasteiger charge is 2.14. The van der Waals surface area contributed by atoms with Crippen LogP contribution >= 0.6 is 0 Å². The summed E-state index contributed by atoms with van der Waals surface area (Å²) in [6.07, 6.45) is 0. The van der Waals surface area contributed by atoms with Gasteiger partial charge in [-0.15, -0.1) is 0 Å². The van der Waals surface area contributed by atoms with Crippen LogP contribution in [0.2, 0.25) is 0 Å². The fraction of sp³-hybridized carbons (Fsp3) is 0.269.